The van der Waals surface area contributed by atoms with Gasteiger partial charge in [0.15, 0.2) is 0 Å². The SMILES string of the molecule is CC(C)CN(CCN(C)C)C1(CN)CCC(C)CC1. The Bertz CT molecular complexity index is 242. The third kappa shape index (κ3) is 5.05. The van der Waals surface area contributed by atoms with Crippen LogP contribution in [0.3, 0.4) is 0 Å². The normalized spacial score (nSPS) is 28.6. The minimum atomic E-state index is 0.271. The summed E-state index contributed by atoms with van der Waals surface area (Å²) in [6.07, 6.45) is 5.25. The molecule has 1 rings (SSSR count). The lowest BCUT2D eigenvalue weighted by Crippen LogP contribution is -2.58. The molecule has 0 amide bonds. The van der Waals surface area contributed by atoms with Crippen molar-refractivity contribution in [1.82, 2.24) is 9.80 Å². The Balaban J connectivity index is 2.73. The summed E-state index contributed by atoms with van der Waals surface area (Å²) >= 11 is 0. The molecule has 0 saturated heterocycles. The molecule has 0 bridgehead atoms. The fourth-order valence-corrected chi connectivity index (χ4v) is 3.23. The highest BCUT2D eigenvalue weighted by atomic mass is 15.2. The van der Waals surface area contributed by atoms with Gasteiger partial charge in [-0.1, -0.05) is 20.8 Å². The topological polar surface area (TPSA) is 32.5 Å². The molecule has 19 heavy (non-hydrogen) atoms. The zero-order valence-corrected chi connectivity index (χ0v) is 13.8. The molecule has 0 aliphatic heterocycles. The Morgan fingerprint density at radius 3 is 2.16 bits per heavy atom. The molecular formula is C16H35N3. The van der Waals surface area contributed by atoms with E-state index in [0.717, 1.165) is 25.6 Å². The molecule has 1 aliphatic carbocycles. The standard InChI is InChI=1S/C16H35N3/c1-14(2)12-19(11-10-18(4)5)16(13-17)8-6-15(3)7-9-16/h14-15H,6-13,17H2,1-5H3. The number of likely N-dealkylation sites (N-methyl/N-ethyl adjacent to an activating group) is 1. The second-order valence-corrected chi connectivity index (χ2v) is 7.25. The van der Waals surface area contributed by atoms with Gasteiger partial charge in [0.1, 0.15) is 0 Å². The largest absolute Gasteiger partial charge is 0.329 e. The van der Waals surface area contributed by atoms with Crippen LogP contribution in [-0.2, 0) is 0 Å². The predicted octanol–water partition coefficient (Wildman–Crippen LogP) is 2.41. The van der Waals surface area contributed by atoms with E-state index in [1.54, 1.807) is 0 Å². The third-order valence-electron chi connectivity index (χ3n) is 4.66. The van der Waals surface area contributed by atoms with E-state index in [0.29, 0.717) is 5.92 Å². The monoisotopic (exact) mass is 269 g/mol. The fraction of sp³-hybridized carbons (Fsp3) is 1.00. The van der Waals surface area contributed by atoms with Gasteiger partial charge in [0.05, 0.1) is 0 Å². The second-order valence-electron chi connectivity index (χ2n) is 7.25. The Labute approximate surface area is 120 Å². The maximum Gasteiger partial charge on any atom is 0.0332 e. The number of hydrogen-bond acceptors (Lipinski definition) is 3. The predicted molar refractivity (Wildman–Crippen MR) is 84.4 cm³/mol. The summed E-state index contributed by atoms with van der Waals surface area (Å²) < 4.78 is 0. The average molecular weight is 269 g/mol. The molecule has 0 aromatic heterocycles. The van der Waals surface area contributed by atoms with Gasteiger partial charge in [0.25, 0.3) is 0 Å². The first-order chi connectivity index (χ1) is 8.89. The van der Waals surface area contributed by atoms with Gasteiger partial charge in [0.2, 0.25) is 0 Å². The summed E-state index contributed by atoms with van der Waals surface area (Å²) in [5, 5.41) is 0. The van der Waals surface area contributed by atoms with E-state index in [1.165, 1.54) is 32.2 Å². The Morgan fingerprint density at radius 2 is 1.74 bits per heavy atom. The van der Waals surface area contributed by atoms with Crippen molar-refractivity contribution < 1.29 is 0 Å². The molecule has 3 nitrogen and oxygen atoms in total. The third-order valence-corrected chi connectivity index (χ3v) is 4.66. The van der Waals surface area contributed by atoms with E-state index < -0.39 is 0 Å². The molecule has 0 spiro atoms. The zero-order chi connectivity index (χ0) is 14.5. The molecule has 3 heteroatoms. The van der Waals surface area contributed by atoms with Gasteiger partial charge in [-0.15, -0.1) is 0 Å². The Morgan fingerprint density at radius 1 is 1.16 bits per heavy atom. The fourth-order valence-electron chi connectivity index (χ4n) is 3.23. The summed E-state index contributed by atoms with van der Waals surface area (Å²) in [6, 6.07) is 0. The van der Waals surface area contributed by atoms with E-state index in [1.807, 2.05) is 0 Å². The molecule has 0 radical (unpaired) electrons. The van der Waals surface area contributed by atoms with Gasteiger partial charge in [-0.3, -0.25) is 4.90 Å². The molecule has 0 unspecified atom stereocenters. The summed E-state index contributed by atoms with van der Waals surface area (Å²) in [4.78, 5) is 4.98. The van der Waals surface area contributed by atoms with Gasteiger partial charge in [0, 0.05) is 31.7 Å². The van der Waals surface area contributed by atoms with Crippen LogP contribution in [0, 0.1) is 11.8 Å². The highest BCUT2D eigenvalue weighted by Crippen LogP contribution is 2.36. The number of hydrogen-bond donors (Lipinski definition) is 1. The Kier molecular flexibility index (Phi) is 6.78. The summed E-state index contributed by atoms with van der Waals surface area (Å²) in [6.45, 7) is 11.3. The molecule has 0 atom stereocenters. The maximum atomic E-state index is 6.21. The lowest BCUT2D eigenvalue weighted by Gasteiger charge is -2.48. The lowest BCUT2D eigenvalue weighted by atomic mass is 9.75. The highest BCUT2D eigenvalue weighted by Gasteiger charge is 2.38. The van der Waals surface area contributed by atoms with Crippen LogP contribution in [0.5, 0.6) is 0 Å². The smallest absolute Gasteiger partial charge is 0.0332 e. The minimum absolute atomic E-state index is 0.271. The van der Waals surface area contributed by atoms with Gasteiger partial charge in [-0.25, -0.2) is 0 Å². The van der Waals surface area contributed by atoms with Gasteiger partial charge >= 0.3 is 0 Å². The molecule has 1 fully saturated rings. The number of nitrogens with two attached hydrogens (primary N) is 1. The van der Waals surface area contributed by atoms with Crippen molar-refractivity contribution in [1.29, 1.82) is 0 Å². The van der Waals surface area contributed by atoms with E-state index in [2.05, 4.69) is 44.7 Å². The first-order valence-corrected chi connectivity index (χ1v) is 7.99. The van der Waals surface area contributed by atoms with Crippen molar-refractivity contribution in [2.24, 2.45) is 17.6 Å². The van der Waals surface area contributed by atoms with Crippen LogP contribution in [0.25, 0.3) is 0 Å². The van der Waals surface area contributed by atoms with Gasteiger partial charge in [-0.05, 0) is 51.6 Å². The van der Waals surface area contributed by atoms with E-state index in [-0.39, 0.29) is 5.54 Å². The first kappa shape index (κ1) is 16.9. The van der Waals surface area contributed by atoms with E-state index in [9.17, 15) is 0 Å². The van der Waals surface area contributed by atoms with Crippen LogP contribution in [0.2, 0.25) is 0 Å². The van der Waals surface area contributed by atoms with Gasteiger partial charge < -0.3 is 10.6 Å². The molecule has 0 aromatic rings. The van der Waals surface area contributed by atoms with Crippen molar-refractivity contribution in [2.75, 3.05) is 40.3 Å². The molecule has 1 aliphatic rings. The molecule has 0 heterocycles. The van der Waals surface area contributed by atoms with Crippen LogP contribution in [-0.4, -0.2) is 55.6 Å². The number of rotatable bonds is 7. The Hall–Kier alpha value is -0.120. The van der Waals surface area contributed by atoms with Crippen LogP contribution in [0.15, 0.2) is 0 Å². The second kappa shape index (κ2) is 7.61. The summed E-state index contributed by atoms with van der Waals surface area (Å²) in [7, 11) is 4.32. The summed E-state index contributed by atoms with van der Waals surface area (Å²) in [5.41, 5.74) is 6.48. The highest BCUT2D eigenvalue weighted by molar-refractivity contribution is 4.95. The summed E-state index contributed by atoms with van der Waals surface area (Å²) in [5.74, 6) is 1.60. The molecule has 1 saturated carbocycles. The van der Waals surface area contributed by atoms with Crippen molar-refractivity contribution in [3.05, 3.63) is 0 Å². The molecule has 114 valence electrons. The van der Waals surface area contributed by atoms with Crippen LogP contribution < -0.4 is 5.73 Å². The van der Waals surface area contributed by atoms with Crippen molar-refractivity contribution in [3.8, 4) is 0 Å². The lowest BCUT2D eigenvalue weighted by molar-refractivity contribution is 0.0307. The zero-order valence-electron chi connectivity index (χ0n) is 13.8. The van der Waals surface area contributed by atoms with Crippen LogP contribution >= 0.6 is 0 Å². The van der Waals surface area contributed by atoms with Crippen LogP contribution in [0.4, 0.5) is 0 Å². The van der Waals surface area contributed by atoms with Crippen LogP contribution in [0.1, 0.15) is 46.5 Å². The van der Waals surface area contributed by atoms with Crippen molar-refractivity contribution in [3.63, 3.8) is 0 Å². The molecule has 0 aromatic carbocycles. The van der Waals surface area contributed by atoms with E-state index >= 15 is 0 Å². The van der Waals surface area contributed by atoms with Crippen molar-refractivity contribution in [2.45, 2.75) is 52.0 Å². The maximum absolute atomic E-state index is 6.21. The molecular weight excluding hydrogens is 234 g/mol. The first-order valence-electron chi connectivity index (χ1n) is 7.99. The molecule has 2 N–H and O–H groups in total. The quantitative estimate of drug-likeness (QED) is 0.770. The van der Waals surface area contributed by atoms with Gasteiger partial charge in [-0.2, -0.15) is 0 Å². The minimum Gasteiger partial charge on any atom is -0.329 e. The number of nitrogens with zero attached hydrogens (tertiary/aromatic N) is 2. The van der Waals surface area contributed by atoms with Crippen molar-refractivity contribution >= 4 is 0 Å². The average Bonchev–Trinajstić information content (AvgIpc) is 2.35. The van der Waals surface area contributed by atoms with E-state index in [4.69, 9.17) is 5.73 Å².